The lowest BCUT2D eigenvalue weighted by Gasteiger charge is -2.13. The number of rotatable bonds is 3. The quantitative estimate of drug-likeness (QED) is 0.559. The molecule has 0 atom stereocenters. The Hall–Kier alpha value is -3.47. The minimum atomic E-state index is -0.182. The highest BCUT2D eigenvalue weighted by Gasteiger charge is 2.19. The molecule has 0 unspecified atom stereocenters. The number of hydrogen-bond donors (Lipinski definition) is 1. The Labute approximate surface area is 164 Å². The number of nitrogens with zero attached hydrogens (tertiary/aromatic N) is 3. The van der Waals surface area contributed by atoms with Gasteiger partial charge in [0.1, 0.15) is 0 Å². The first-order valence-electron chi connectivity index (χ1n) is 9.25. The first kappa shape index (κ1) is 17.9. The van der Waals surface area contributed by atoms with Crippen LogP contribution in [0.2, 0.25) is 0 Å². The van der Waals surface area contributed by atoms with Gasteiger partial charge in [-0.2, -0.15) is 5.10 Å². The lowest BCUT2D eigenvalue weighted by molar-refractivity contribution is 0.102. The number of para-hydroxylation sites is 1. The topological polar surface area (TPSA) is 59.3 Å². The molecule has 0 aliphatic carbocycles. The van der Waals surface area contributed by atoms with E-state index in [9.17, 15) is 4.79 Å². The van der Waals surface area contributed by atoms with Gasteiger partial charge in [0, 0.05) is 17.4 Å². The van der Waals surface area contributed by atoms with Crippen molar-refractivity contribution >= 4 is 17.2 Å². The Balaban J connectivity index is 1.78. The Bertz CT molecular complexity index is 1170. The van der Waals surface area contributed by atoms with E-state index in [4.69, 9.17) is 0 Å². The van der Waals surface area contributed by atoms with Crippen LogP contribution in [0.5, 0.6) is 0 Å². The maximum atomic E-state index is 13.0. The van der Waals surface area contributed by atoms with Crippen molar-refractivity contribution in [2.24, 2.45) is 0 Å². The number of aryl methyl sites for hydroxylation is 4. The van der Waals surface area contributed by atoms with Gasteiger partial charge < -0.3 is 5.32 Å². The molecule has 0 aliphatic rings. The number of amides is 1. The molecular formula is C23H22N4O. The zero-order chi connectivity index (χ0) is 19.8. The van der Waals surface area contributed by atoms with Crippen molar-refractivity contribution in [3.05, 3.63) is 82.8 Å². The number of hydrogen-bond acceptors (Lipinski definition) is 3. The monoisotopic (exact) mass is 370 g/mol. The highest BCUT2D eigenvalue weighted by Crippen LogP contribution is 2.28. The predicted molar refractivity (Wildman–Crippen MR) is 112 cm³/mol. The summed E-state index contributed by atoms with van der Waals surface area (Å²) in [5, 5.41) is 7.68. The van der Waals surface area contributed by atoms with Crippen molar-refractivity contribution in [1.82, 2.24) is 14.6 Å². The molecule has 2 heterocycles. The van der Waals surface area contributed by atoms with Crippen molar-refractivity contribution in [3.63, 3.8) is 0 Å². The Morgan fingerprint density at radius 3 is 2.29 bits per heavy atom. The van der Waals surface area contributed by atoms with Crippen LogP contribution in [0.1, 0.15) is 32.9 Å². The number of benzene rings is 2. The third-order valence-corrected chi connectivity index (χ3v) is 5.09. The molecule has 5 nitrogen and oxygen atoms in total. The summed E-state index contributed by atoms with van der Waals surface area (Å²) in [5.41, 5.74) is 7.87. The standard InChI is InChI=1S/C23H22N4O/c1-14-9-8-10-15(2)21(14)25-23(28)19-13-24-22-20(18-11-6-5-7-12-18)16(3)26-27(22)17(19)4/h5-13H,1-4H3,(H,25,28). The van der Waals surface area contributed by atoms with Crippen LogP contribution in [-0.4, -0.2) is 20.5 Å². The molecule has 5 heteroatoms. The van der Waals surface area contributed by atoms with Crippen LogP contribution in [0.15, 0.2) is 54.7 Å². The molecular weight excluding hydrogens is 348 g/mol. The van der Waals surface area contributed by atoms with Gasteiger partial charge in [-0.05, 0) is 44.4 Å². The molecule has 140 valence electrons. The lowest BCUT2D eigenvalue weighted by atomic mass is 10.1. The Morgan fingerprint density at radius 2 is 1.61 bits per heavy atom. The summed E-state index contributed by atoms with van der Waals surface area (Å²) in [6.07, 6.45) is 1.64. The number of carbonyl (C=O) groups is 1. The fourth-order valence-electron chi connectivity index (χ4n) is 3.56. The van der Waals surface area contributed by atoms with Crippen LogP contribution in [0.4, 0.5) is 5.69 Å². The van der Waals surface area contributed by atoms with Crippen LogP contribution in [0.25, 0.3) is 16.8 Å². The van der Waals surface area contributed by atoms with Crippen molar-refractivity contribution in [2.45, 2.75) is 27.7 Å². The largest absolute Gasteiger partial charge is 0.321 e. The minimum Gasteiger partial charge on any atom is -0.321 e. The van der Waals surface area contributed by atoms with E-state index in [-0.39, 0.29) is 5.91 Å². The molecule has 0 saturated heterocycles. The lowest BCUT2D eigenvalue weighted by Crippen LogP contribution is -2.17. The Morgan fingerprint density at radius 1 is 0.929 bits per heavy atom. The molecule has 4 aromatic rings. The van der Waals surface area contributed by atoms with Crippen molar-refractivity contribution < 1.29 is 4.79 Å². The van der Waals surface area contributed by atoms with Crippen molar-refractivity contribution in [3.8, 4) is 11.1 Å². The van der Waals surface area contributed by atoms with E-state index >= 15 is 0 Å². The molecule has 0 spiro atoms. The van der Waals surface area contributed by atoms with Crippen molar-refractivity contribution in [2.75, 3.05) is 5.32 Å². The van der Waals surface area contributed by atoms with Gasteiger partial charge in [-0.1, -0.05) is 48.5 Å². The maximum absolute atomic E-state index is 13.0. The number of aromatic nitrogens is 3. The van der Waals surface area contributed by atoms with Gasteiger partial charge in [0.15, 0.2) is 5.65 Å². The van der Waals surface area contributed by atoms with Crippen LogP contribution in [0, 0.1) is 27.7 Å². The number of carbonyl (C=O) groups excluding carboxylic acids is 1. The summed E-state index contributed by atoms with van der Waals surface area (Å²) in [6, 6.07) is 16.0. The molecule has 0 radical (unpaired) electrons. The first-order chi connectivity index (χ1) is 13.5. The SMILES string of the molecule is Cc1cccc(C)c1NC(=O)c1cnc2c(-c3ccccc3)c(C)nn2c1C. The van der Waals surface area contributed by atoms with Gasteiger partial charge >= 0.3 is 0 Å². The number of anilines is 1. The molecule has 2 aromatic carbocycles. The minimum absolute atomic E-state index is 0.182. The zero-order valence-corrected chi connectivity index (χ0v) is 16.4. The molecule has 0 bridgehead atoms. The van der Waals surface area contributed by atoms with E-state index in [1.807, 2.05) is 76.2 Å². The van der Waals surface area contributed by atoms with Crippen LogP contribution in [-0.2, 0) is 0 Å². The second kappa shape index (κ2) is 6.93. The number of nitrogens with one attached hydrogen (secondary N) is 1. The van der Waals surface area contributed by atoms with E-state index in [2.05, 4.69) is 15.4 Å². The molecule has 0 saturated carbocycles. The zero-order valence-electron chi connectivity index (χ0n) is 16.4. The highest BCUT2D eigenvalue weighted by molar-refractivity contribution is 6.05. The van der Waals surface area contributed by atoms with E-state index in [0.717, 1.165) is 45.0 Å². The predicted octanol–water partition coefficient (Wildman–Crippen LogP) is 4.88. The van der Waals surface area contributed by atoms with Crippen LogP contribution >= 0.6 is 0 Å². The Kier molecular flexibility index (Phi) is 4.43. The molecule has 28 heavy (non-hydrogen) atoms. The first-order valence-corrected chi connectivity index (χ1v) is 9.25. The highest BCUT2D eigenvalue weighted by atomic mass is 16.1. The third kappa shape index (κ3) is 2.95. The molecule has 4 rings (SSSR count). The van der Waals surface area contributed by atoms with Gasteiger partial charge in [0.05, 0.1) is 17.0 Å². The van der Waals surface area contributed by atoms with E-state index in [1.54, 1.807) is 10.7 Å². The van der Waals surface area contributed by atoms with Crippen LogP contribution in [0.3, 0.4) is 0 Å². The van der Waals surface area contributed by atoms with E-state index in [0.29, 0.717) is 5.56 Å². The second-order valence-electron chi connectivity index (χ2n) is 7.04. The molecule has 1 N–H and O–H groups in total. The van der Waals surface area contributed by atoms with Crippen molar-refractivity contribution in [1.29, 1.82) is 0 Å². The fourth-order valence-corrected chi connectivity index (χ4v) is 3.56. The maximum Gasteiger partial charge on any atom is 0.259 e. The van der Waals surface area contributed by atoms with Gasteiger partial charge in [-0.3, -0.25) is 4.79 Å². The van der Waals surface area contributed by atoms with Gasteiger partial charge in [0.2, 0.25) is 0 Å². The summed E-state index contributed by atoms with van der Waals surface area (Å²) < 4.78 is 1.76. The summed E-state index contributed by atoms with van der Waals surface area (Å²) in [7, 11) is 0. The van der Waals surface area contributed by atoms with E-state index < -0.39 is 0 Å². The summed E-state index contributed by atoms with van der Waals surface area (Å²) in [6.45, 7) is 7.84. The summed E-state index contributed by atoms with van der Waals surface area (Å²) in [4.78, 5) is 17.5. The smallest absolute Gasteiger partial charge is 0.259 e. The normalized spacial score (nSPS) is 11.0. The molecule has 0 fully saturated rings. The van der Waals surface area contributed by atoms with Gasteiger partial charge in [-0.15, -0.1) is 0 Å². The summed E-state index contributed by atoms with van der Waals surface area (Å²) in [5.74, 6) is -0.182. The number of fused-ring (bicyclic) bond motifs is 1. The van der Waals surface area contributed by atoms with Gasteiger partial charge in [-0.25, -0.2) is 9.50 Å². The van der Waals surface area contributed by atoms with Crippen LogP contribution < -0.4 is 5.32 Å². The van der Waals surface area contributed by atoms with Gasteiger partial charge in [0.25, 0.3) is 5.91 Å². The summed E-state index contributed by atoms with van der Waals surface area (Å²) >= 11 is 0. The molecule has 0 aliphatic heterocycles. The molecule has 2 aromatic heterocycles. The second-order valence-corrected chi connectivity index (χ2v) is 7.04. The fraction of sp³-hybridized carbons (Fsp3) is 0.174. The third-order valence-electron chi connectivity index (χ3n) is 5.09. The molecule has 1 amide bonds. The average Bonchev–Trinajstić information content (AvgIpc) is 3.02. The van der Waals surface area contributed by atoms with E-state index in [1.165, 1.54) is 0 Å². The average molecular weight is 370 g/mol.